The number of benzene rings is 2. The maximum absolute atomic E-state index is 12.0. The van der Waals surface area contributed by atoms with Gasteiger partial charge in [-0.25, -0.2) is 10.2 Å². The van der Waals surface area contributed by atoms with E-state index >= 15 is 0 Å². The van der Waals surface area contributed by atoms with Crippen molar-refractivity contribution in [3.8, 4) is 5.75 Å². The first-order valence-electron chi connectivity index (χ1n) is 8.63. The summed E-state index contributed by atoms with van der Waals surface area (Å²) < 4.78 is 10.6. The standard InChI is InChI=1S/C19H17BrClN3O6/c1-2-29-18(26)11-30-19-14(20)7-12(8-15(19)21)10-22-23-17(25)9-13-5-3-4-6-16(13)24(27)28/h3-8,10H,2,9,11H2,1H3,(H,23,25). The van der Waals surface area contributed by atoms with Crippen LogP contribution in [0, 0.1) is 10.1 Å². The second-order valence-corrected chi connectivity index (χ2v) is 7.02. The van der Waals surface area contributed by atoms with Crippen LogP contribution < -0.4 is 10.2 Å². The van der Waals surface area contributed by atoms with Crippen LogP contribution in [0.15, 0.2) is 46.0 Å². The zero-order chi connectivity index (χ0) is 22.1. The summed E-state index contributed by atoms with van der Waals surface area (Å²) in [6.45, 7) is 1.64. The quantitative estimate of drug-likeness (QED) is 0.244. The van der Waals surface area contributed by atoms with Gasteiger partial charge >= 0.3 is 5.97 Å². The highest BCUT2D eigenvalue weighted by atomic mass is 79.9. The highest BCUT2D eigenvalue weighted by Crippen LogP contribution is 2.34. The molecule has 1 N–H and O–H groups in total. The molecule has 0 heterocycles. The molecule has 0 fully saturated rings. The number of ether oxygens (including phenoxy) is 2. The van der Waals surface area contributed by atoms with Crippen LogP contribution in [0.5, 0.6) is 5.75 Å². The number of hydrogen-bond acceptors (Lipinski definition) is 7. The Kier molecular flexibility index (Phi) is 8.75. The van der Waals surface area contributed by atoms with Gasteiger partial charge in [0.1, 0.15) is 0 Å². The molecule has 2 aromatic carbocycles. The van der Waals surface area contributed by atoms with Crippen molar-refractivity contribution in [2.24, 2.45) is 5.10 Å². The number of nitro benzene ring substituents is 1. The fraction of sp³-hybridized carbons (Fsp3) is 0.211. The molecule has 0 unspecified atom stereocenters. The largest absolute Gasteiger partial charge is 0.479 e. The van der Waals surface area contributed by atoms with Crippen LogP contribution in [-0.4, -0.2) is 36.2 Å². The highest BCUT2D eigenvalue weighted by Gasteiger charge is 2.15. The lowest BCUT2D eigenvalue weighted by atomic mass is 10.1. The van der Waals surface area contributed by atoms with Gasteiger partial charge in [-0.15, -0.1) is 0 Å². The van der Waals surface area contributed by atoms with Gasteiger partial charge in [-0.05, 0) is 40.5 Å². The molecular formula is C19H17BrClN3O6. The number of hydrazone groups is 1. The summed E-state index contributed by atoms with van der Waals surface area (Å²) in [6, 6.07) is 9.14. The van der Waals surface area contributed by atoms with Crippen LogP contribution in [0.4, 0.5) is 5.69 Å². The van der Waals surface area contributed by atoms with Crippen molar-refractivity contribution in [1.82, 2.24) is 5.43 Å². The average molecular weight is 499 g/mol. The predicted molar refractivity (Wildman–Crippen MR) is 114 cm³/mol. The Morgan fingerprint density at radius 2 is 2.07 bits per heavy atom. The molecule has 2 aromatic rings. The lowest BCUT2D eigenvalue weighted by Crippen LogP contribution is -2.20. The van der Waals surface area contributed by atoms with Gasteiger partial charge in [0, 0.05) is 11.6 Å². The molecule has 0 bridgehead atoms. The highest BCUT2D eigenvalue weighted by molar-refractivity contribution is 9.10. The van der Waals surface area contributed by atoms with Crippen LogP contribution in [0.2, 0.25) is 5.02 Å². The molecule has 0 aliphatic rings. The van der Waals surface area contributed by atoms with Gasteiger partial charge in [-0.3, -0.25) is 14.9 Å². The Morgan fingerprint density at radius 1 is 1.33 bits per heavy atom. The fourth-order valence-electron chi connectivity index (χ4n) is 2.36. The van der Waals surface area contributed by atoms with Crippen molar-refractivity contribution in [2.45, 2.75) is 13.3 Å². The first-order valence-corrected chi connectivity index (χ1v) is 9.80. The molecule has 0 aliphatic carbocycles. The monoisotopic (exact) mass is 497 g/mol. The summed E-state index contributed by atoms with van der Waals surface area (Å²) in [5, 5.41) is 15.1. The van der Waals surface area contributed by atoms with E-state index in [1.165, 1.54) is 30.5 Å². The van der Waals surface area contributed by atoms with E-state index in [9.17, 15) is 19.7 Å². The second-order valence-electron chi connectivity index (χ2n) is 5.76. The minimum Gasteiger partial charge on any atom is -0.479 e. The normalized spacial score (nSPS) is 10.6. The molecule has 0 spiro atoms. The van der Waals surface area contributed by atoms with Gasteiger partial charge in [-0.2, -0.15) is 5.10 Å². The third-order valence-corrected chi connectivity index (χ3v) is 4.47. The first kappa shape index (κ1) is 23.3. The molecule has 158 valence electrons. The summed E-state index contributed by atoms with van der Waals surface area (Å²) in [4.78, 5) is 33.9. The zero-order valence-electron chi connectivity index (χ0n) is 15.8. The lowest BCUT2D eigenvalue weighted by molar-refractivity contribution is -0.385. The molecule has 0 saturated heterocycles. The number of nitro groups is 1. The number of nitrogens with zero attached hydrogens (tertiary/aromatic N) is 2. The van der Waals surface area contributed by atoms with Crippen LogP contribution in [0.3, 0.4) is 0 Å². The predicted octanol–water partition coefficient (Wildman–Crippen LogP) is 3.65. The number of halogens is 2. The van der Waals surface area contributed by atoms with Crippen molar-refractivity contribution < 1.29 is 24.0 Å². The SMILES string of the molecule is CCOC(=O)COc1c(Cl)cc(C=NNC(=O)Cc2ccccc2[N+](=O)[O-])cc1Br. The van der Waals surface area contributed by atoms with Crippen LogP contribution in [-0.2, 0) is 20.7 Å². The third kappa shape index (κ3) is 6.82. The number of hydrogen-bond donors (Lipinski definition) is 1. The van der Waals surface area contributed by atoms with Gasteiger partial charge in [0.25, 0.3) is 5.69 Å². The number of carbonyl (C=O) groups excluding carboxylic acids is 2. The van der Waals surface area contributed by atoms with Crippen molar-refractivity contribution in [3.63, 3.8) is 0 Å². The first-order chi connectivity index (χ1) is 14.3. The van der Waals surface area contributed by atoms with Gasteiger partial charge in [0.15, 0.2) is 12.4 Å². The number of rotatable bonds is 9. The van der Waals surface area contributed by atoms with Crippen LogP contribution >= 0.6 is 27.5 Å². The summed E-state index contributed by atoms with van der Waals surface area (Å²) >= 11 is 9.47. The van der Waals surface area contributed by atoms with Gasteiger partial charge in [0.2, 0.25) is 5.91 Å². The molecule has 2 rings (SSSR count). The minimum atomic E-state index is -0.545. The lowest BCUT2D eigenvalue weighted by Gasteiger charge is -2.10. The van der Waals surface area contributed by atoms with Crippen molar-refractivity contribution in [2.75, 3.05) is 13.2 Å². The van der Waals surface area contributed by atoms with E-state index in [1.807, 2.05) is 0 Å². The fourth-order valence-corrected chi connectivity index (χ4v) is 3.34. The molecule has 1 amide bonds. The molecule has 11 heteroatoms. The van der Waals surface area contributed by atoms with Crippen molar-refractivity contribution in [3.05, 3.63) is 67.1 Å². The smallest absolute Gasteiger partial charge is 0.344 e. The van der Waals surface area contributed by atoms with Crippen molar-refractivity contribution >= 4 is 51.3 Å². The maximum Gasteiger partial charge on any atom is 0.344 e. The van der Waals surface area contributed by atoms with E-state index in [2.05, 4.69) is 26.5 Å². The zero-order valence-corrected chi connectivity index (χ0v) is 18.1. The Bertz CT molecular complexity index is 959. The van der Waals surface area contributed by atoms with Gasteiger partial charge in [-0.1, -0.05) is 29.8 Å². The number of nitrogens with one attached hydrogen (secondary N) is 1. The Morgan fingerprint density at radius 3 is 2.73 bits per heavy atom. The summed E-state index contributed by atoms with van der Waals surface area (Å²) in [5.74, 6) is -0.769. The molecule has 0 atom stereocenters. The van der Waals surface area contributed by atoms with Gasteiger partial charge in [0.05, 0.1) is 33.7 Å². The van der Waals surface area contributed by atoms with E-state index in [0.29, 0.717) is 10.0 Å². The average Bonchev–Trinajstić information content (AvgIpc) is 2.67. The number of amides is 1. The Labute approximate surface area is 185 Å². The van der Waals surface area contributed by atoms with E-state index < -0.39 is 16.8 Å². The topological polar surface area (TPSA) is 120 Å². The summed E-state index contributed by atoms with van der Waals surface area (Å²) in [5.41, 5.74) is 3.00. The molecule has 9 nitrogen and oxygen atoms in total. The number of esters is 1. The van der Waals surface area contributed by atoms with Gasteiger partial charge < -0.3 is 9.47 Å². The van der Waals surface area contributed by atoms with Crippen LogP contribution in [0.1, 0.15) is 18.1 Å². The molecule has 0 radical (unpaired) electrons. The Hall–Kier alpha value is -2.98. The van der Waals surface area contributed by atoms with E-state index in [1.54, 1.807) is 19.1 Å². The minimum absolute atomic E-state index is 0.134. The third-order valence-electron chi connectivity index (χ3n) is 3.60. The molecule has 0 saturated carbocycles. The van der Waals surface area contributed by atoms with Crippen molar-refractivity contribution in [1.29, 1.82) is 0 Å². The molecule has 30 heavy (non-hydrogen) atoms. The molecular weight excluding hydrogens is 482 g/mol. The Balaban J connectivity index is 1.99. The van der Waals surface area contributed by atoms with E-state index in [4.69, 9.17) is 21.1 Å². The van der Waals surface area contributed by atoms with E-state index in [0.717, 1.165) is 0 Å². The summed E-state index contributed by atoms with van der Waals surface area (Å²) in [6.07, 6.45) is 1.16. The van der Waals surface area contributed by atoms with E-state index in [-0.39, 0.29) is 41.7 Å². The summed E-state index contributed by atoms with van der Waals surface area (Å²) in [7, 11) is 0. The maximum atomic E-state index is 12.0. The number of para-hydroxylation sites is 1. The number of carbonyl (C=O) groups is 2. The molecule has 0 aliphatic heterocycles. The van der Waals surface area contributed by atoms with Crippen LogP contribution in [0.25, 0.3) is 0 Å². The second kappa shape index (κ2) is 11.3. The molecule has 0 aromatic heterocycles.